The van der Waals surface area contributed by atoms with Crippen molar-refractivity contribution in [2.45, 2.75) is 6.42 Å². The van der Waals surface area contributed by atoms with Crippen molar-refractivity contribution in [3.05, 3.63) is 47.3 Å². The lowest BCUT2D eigenvalue weighted by molar-refractivity contribution is -0.135. The van der Waals surface area contributed by atoms with Gasteiger partial charge in [0.25, 0.3) is 5.91 Å². The number of carboxylic acids is 1. The number of rotatable bonds is 3. The van der Waals surface area contributed by atoms with Crippen LogP contribution >= 0.6 is 0 Å². The van der Waals surface area contributed by atoms with Crippen LogP contribution in [0.5, 0.6) is 0 Å². The second kappa shape index (κ2) is 5.27. The molecule has 0 spiro atoms. The standard InChI is InChI=1S/C13H12N2O3/c16-12(17)8-14-13(18)11-7-6-9-4-2-1-3-5-10(9)15-11/h1-4,6-7H,5,8H2,(H,14,18)(H,16,17). The molecule has 0 fully saturated rings. The van der Waals surface area contributed by atoms with Crippen LogP contribution in [-0.2, 0) is 11.2 Å². The molecule has 5 heteroatoms. The largest absolute Gasteiger partial charge is 0.480 e. The molecule has 0 saturated carbocycles. The summed E-state index contributed by atoms with van der Waals surface area (Å²) < 4.78 is 0. The fourth-order valence-electron chi connectivity index (χ4n) is 1.62. The summed E-state index contributed by atoms with van der Waals surface area (Å²) in [5, 5.41) is 10.8. The maximum atomic E-state index is 11.6. The summed E-state index contributed by atoms with van der Waals surface area (Å²) in [6.45, 7) is -0.405. The summed E-state index contributed by atoms with van der Waals surface area (Å²) in [6.07, 6.45) is 8.37. The fourth-order valence-corrected chi connectivity index (χ4v) is 1.62. The van der Waals surface area contributed by atoms with Crippen molar-refractivity contribution in [3.63, 3.8) is 0 Å². The summed E-state index contributed by atoms with van der Waals surface area (Å²) in [7, 11) is 0. The Morgan fingerprint density at radius 1 is 1.33 bits per heavy atom. The minimum absolute atomic E-state index is 0.235. The lowest BCUT2D eigenvalue weighted by Crippen LogP contribution is -2.30. The Hall–Kier alpha value is -2.43. The third-order valence-corrected chi connectivity index (χ3v) is 2.48. The van der Waals surface area contributed by atoms with E-state index in [1.54, 1.807) is 6.07 Å². The molecule has 1 aliphatic carbocycles. The van der Waals surface area contributed by atoms with Gasteiger partial charge in [0.2, 0.25) is 0 Å². The molecule has 92 valence electrons. The monoisotopic (exact) mass is 244 g/mol. The van der Waals surface area contributed by atoms with Gasteiger partial charge in [-0.15, -0.1) is 0 Å². The SMILES string of the molecule is O=C(O)CNC(=O)c1ccc2c(n1)CC=CC=C2. The zero-order chi connectivity index (χ0) is 13.0. The van der Waals surface area contributed by atoms with E-state index >= 15 is 0 Å². The smallest absolute Gasteiger partial charge is 0.322 e. The van der Waals surface area contributed by atoms with Crippen LogP contribution in [-0.4, -0.2) is 28.5 Å². The molecule has 0 unspecified atom stereocenters. The van der Waals surface area contributed by atoms with Crippen molar-refractivity contribution in [2.24, 2.45) is 0 Å². The van der Waals surface area contributed by atoms with Gasteiger partial charge >= 0.3 is 5.97 Å². The molecule has 0 atom stereocenters. The van der Waals surface area contributed by atoms with Gasteiger partial charge in [-0.1, -0.05) is 30.4 Å². The number of nitrogens with zero attached hydrogens (tertiary/aromatic N) is 1. The van der Waals surface area contributed by atoms with Crippen molar-refractivity contribution >= 4 is 18.0 Å². The predicted molar refractivity (Wildman–Crippen MR) is 66.1 cm³/mol. The first-order valence-electron chi connectivity index (χ1n) is 5.50. The molecule has 18 heavy (non-hydrogen) atoms. The number of aliphatic carboxylic acids is 1. The molecule has 2 rings (SSSR count). The fraction of sp³-hybridized carbons (Fsp3) is 0.154. The molecule has 1 amide bonds. The average molecular weight is 244 g/mol. The van der Waals surface area contributed by atoms with Gasteiger partial charge in [0.1, 0.15) is 12.2 Å². The highest BCUT2D eigenvalue weighted by molar-refractivity contribution is 5.94. The van der Waals surface area contributed by atoms with E-state index in [1.807, 2.05) is 30.4 Å². The molecular formula is C13H12N2O3. The first-order valence-corrected chi connectivity index (χ1v) is 5.50. The van der Waals surface area contributed by atoms with Gasteiger partial charge in [-0.05, 0) is 11.6 Å². The lowest BCUT2D eigenvalue weighted by Gasteiger charge is -2.06. The topological polar surface area (TPSA) is 79.3 Å². The van der Waals surface area contributed by atoms with Crippen molar-refractivity contribution in [2.75, 3.05) is 6.54 Å². The molecule has 0 bridgehead atoms. The van der Waals surface area contributed by atoms with Gasteiger partial charge in [0, 0.05) is 6.42 Å². The zero-order valence-electron chi connectivity index (χ0n) is 9.59. The molecule has 0 saturated heterocycles. The molecule has 1 aliphatic rings. The Labute approximate surface area is 104 Å². The molecule has 0 aliphatic heterocycles. The first kappa shape index (κ1) is 12.0. The molecular weight excluding hydrogens is 232 g/mol. The van der Waals surface area contributed by atoms with Crippen molar-refractivity contribution in [1.29, 1.82) is 0 Å². The second-order valence-corrected chi connectivity index (χ2v) is 3.80. The van der Waals surface area contributed by atoms with Gasteiger partial charge in [-0.2, -0.15) is 0 Å². The Morgan fingerprint density at radius 2 is 2.17 bits per heavy atom. The third kappa shape index (κ3) is 2.82. The highest BCUT2D eigenvalue weighted by atomic mass is 16.4. The number of hydrogen-bond donors (Lipinski definition) is 2. The molecule has 0 radical (unpaired) electrons. The van der Waals surface area contributed by atoms with E-state index in [9.17, 15) is 9.59 Å². The van der Waals surface area contributed by atoms with Gasteiger partial charge in [0.05, 0.1) is 5.69 Å². The van der Waals surface area contributed by atoms with E-state index in [0.29, 0.717) is 6.42 Å². The van der Waals surface area contributed by atoms with Crippen LogP contribution in [0.4, 0.5) is 0 Å². The minimum atomic E-state index is -1.08. The maximum Gasteiger partial charge on any atom is 0.322 e. The summed E-state index contributed by atoms with van der Waals surface area (Å²) in [5.41, 5.74) is 2.01. The Morgan fingerprint density at radius 3 is 2.94 bits per heavy atom. The third-order valence-electron chi connectivity index (χ3n) is 2.48. The normalized spacial score (nSPS) is 12.7. The lowest BCUT2D eigenvalue weighted by atomic mass is 10.1. The zero-order valence-corrected chi connectivity index (χ0v) is 9.59. The molecule has 5 nitrogen and oxygen atoms in total. The van der Waals surface area contributed by atoms with E-state index in [-0.39, 0.29) is 5.69 Å². The highest BCUT2D eigenvalue weighted by Crippen LogP contribution is 2.14. The Balaban J connectivity index is 2.18. The predicted octanol–water partition coefficient (Wildman–Crippen LogP) is 1.02. The van der Waals surface area contributed by atoms with Crippen LogP contribution in [0, 0.1) is 0 Å². The van der Waals surface area contributed by atoms with Crippen LogP contribution in [0.15, 0.2) is 30.4 Å². The molecule has 1 aromatic heterocycles. The summed E-state index contributed by atoms with van der Waals surface area (Å²) in [5.74, 6) is -1.55. The summed E-state index contributed by atoms with van der Waals surface area (Å²) >= 11 is 0. The number of amides is 1. The van der Waals surface area contributed by atoms with Crippen LogP contribution in [0.25, 0.3) is 6.08 Å². The number of hydrogen-bond acceptors (Lipinski definition) is 3. The Bertz CT molecular complexity index is 547. The van der Waals surface area contributed by atoms with E-state index in [2.05, 4.69) is 10.3 Å². The number of carbonyl (C=O) groups is 2. The van der Waals surface area contributed by atoms with Gasteiger partial charge < -0.3 is 10.4 Å². The number of carbonyl (C=O) groups excluding carboxylic acids is 1. The number of pyridine rings is 1. The van der Waals surface area contributed by atoms with Crippen molar-refractivity contribution in [1.82, 2.24) is 10.3 Å². The number of fused-ring (bicyclic) bond motifs is 1. The number of aromatic nitrogens is 1. The Kier molecular flexibility index (Phi) is 3.52. The van der Waals surface area contributed by atoms with Crippen LogP contribution in [0.2, 0.25) is 0 Å². The summed E-state index contributed by atoms with van der Waals surface area (Å²) in [4.78, 5) is 26.3. The average Bonchev–Trinajstić information content (AvgIpc) is 2.60. The van der Waals surface area contributed by atoms with E-state index in [0.717, 1.165) is 11.3 Å². The number of allylic oxidation sites excluding steroid dienone is 3. The van der Waals surface area contributed by atoms with E-state index in [4.69, 9.17) is 5.11 Å². The van der Waals surface area contributed by atoms with E-state index < -0.39 is 18.4 Å². The minimum Gasteiger partial charge on any atom is -0.480 e. The van der Waals surface area contributed by atoms with Crippen LogP contribution in [0.3, 0.4) is 0 Å². The maximum absolute atomic E-state index is 11.6. The van der Waals surface area contributed by atoms with Gasteiger partial charge in [0.15, 0.2) is 0 Å². The van der Waals surface area contributed by atoms with Crippen molar-refractivity contribution in [3.8, 4) is 0 Å². The number of nitrogens with one attached hydrogen (secondary N) is 1. The van der Waals surface area contributed by atoms with E-state index in [1.165, 1.54) is 0 Å². The second-order valence-electron chi connectivity index (χ2n) is 3.80. The molecule has 1 heterocycles. The quantitative estimate of drug-likeness (QED) is 0.832. The molecule has 2 N–H and O–H groups in total. The van der Waals surface area contributed by atoms with Crippen LogP contribution in [0.1, 0.15) is 21.7 Å². The van der Waals surface area contributed by atoms with Crippen molar-refractivity contribution < 1.29 is 14.7 Å². The van der Waals surface area contributed by atoms with Gasteiger partial charge in [-0.25, -0.2) is 4.98 Å². The van der Waals surface area contributed by atoms with Crippen LogP contribution < -0.4 is 5.32 Å². The summed E-state index contributed by atoms with van der Waals surface area (Å²) in [6, 6.07) is 3.40. The highest BCUT2D eigenvalue weighted by Gasteiger charge is 2.11. The molecule has 1 aromatic rings. The first-order chi connectivity index (χ1) is 8.66. The number of carboxylic acid groups (broad SMARTS) is 1. The molecule has 0 aromatic carbocycles. The van der Waals surface area contributed by atoms with Gasteiger partial charge in [-0.3, -0.25) is 9.59 Å².